The van der Waals surface area contributed by atoms with E-state index in [1.807, 2.05) is 7.05 Å². The smallest absolute Gasteiger partial charge is 0.0619 e. The van der Waals surface area contributed by atoms with Gasteiger partial charge in [0, 0.05) is 18.6 Å². The van der Waals surface area contributed by atoms with E-state index in [1.165, 1.54) is 16.3 Å². The molecule has 2 nitrogen and oxygen atoms in total. The van der Waals surface area contributed by atoms with Gasteiger partial charge < -0.3 is 10.1 Å². The van der Waals surface area contributed by atoms with Gasteiger partial charge in [0.2, 0.25) is 0 Å². The molecule has 20 heavy (non-hydrogen) atoms. The predicted octanol–water partition coefficient (Wildman–Crippen LogP) is 3.40. The van der Waals surface area contributed by atoms with Crippen LogP contribution in [-0.4, -0.2) is 26.3 Å². The molecule has 2 heteroatoms. The molecule has 0 amide bonds. The number of hydrogen-bond donors (Lipinski definition) is 1. The van der Waals surface area contributed by atoms with Gasteiger partial charge in [0.15, 0.2) is 0 Å². The predicted molar refractivity (Wildman–Crippen MR) is 84.0 cm³/mol. The van der Waals surface area contributed by atoms with Crippen molar-refractivity contribution < 1.29 is 4.74 Å². The van der Waals surface area contributed by atoms with Gasteiger partial charge in [-0.3, -0.25) is 0 Å². The lowest BCUT2D eigenvalue weighted by Gasteiger charge is -2.32. The Labute approximate surface area is 121 Å². The number of fused-ring (bicyclic) bond motifs is 1. The summed E-state index contributed by atoms with van der Waals surface area (Å²) < 4.78 is 5.87. The fourth-order valence-electron chi connectivity index (χ4n) is 3.52. The molecule has 1 aliphatic heterocycles. The van der Waals surface area contributed by atoms with Gasteiger partial charge >= 0.3 is 0 Å². The van der Waals surface area contributed by atoms with Gasteiger partial charge in [-0.25, -0.2) is 0 Å². The van der Waals surface area contributed by atoms with Crippen LogP contribution in [0.4, 0.5) is 0 Å². The van der Waals surface area contributed by atoms with Crippen molar-refractivity contribution in [2.75, 3.05) is 20.2 Å². The highest BCUT2D eigenvalue weighted by atomic mass is 16.5. The average Bonchev–Trinajstić information content (AvgIpc) is 2.81. The van der Waals surface area contributed by atoms with E-state index in [9.17, 15) is 0 Å². The molecule has 1 fully saturated rings. The fourth-order valence-corrected chi connectivity index (χ4v) is 3.52. The molecular formula is C18H23NO. The number of rotatable bonds is 4. The van der Waals surface area contributed by atoms with Crippen molar-refractivity contribution in [1.82, 2.24) is 5.32 Å². The summed E-state index contributed by atoms with van der Waals surface area (Å²) in [7, 11) is 2.04. The van der Waals surface area contributed by atoms with Crippen molar-refractivity contribution in [2.45, 2.75) is 25.9 Å². The normalized spacial score (nSPS) is 26.2. The summed E-state index contributed by atoms with van der Waals surface area (Å²) >= 11 is 0. The number of nitrogens with one attached hydrogen (secondary N) is 1. The molecule has 0 bridgehead atoms. The Bertz CT molecular complexity index is 589. The highest BCUT2D eigenvalue weighted by molar-refractivity contribution is 5.85. The zero-order chi connectivity index (χ0) is 14.0. The third-order valence-electron chi connectivity index (χ3n) is 4.78. The Morgan fingerprint density at radius 1 is 1.20 bits per heavy atom. The average molecular weight is 269 g/mol. The van der Waals surface area contributed by atoms with Crippen molar-refractivity contribution in [3.05, 3.63) is 48.0 Å². The van der Waals surface area contributed by atoms with Gasteiger partial charge in [-0.05, 0) is 43.1 Å². The third-order valence-corrected chi connectivity index (χ3v) is 4.78. The summed E-state index contributed by atoms with van der Waals surface area (Å²) in [5.74, 6) is 0. The molecule has 2 unspecified atom stereocenters. The van der Waals surface area contributed by atoms with E-state index in [2.05, 4.69) is 54.7 Å². The molecule has 0 spiro atoms. The van der Waals surface area contributed by atoms with E-state index in [0.29, 0.717) is 6.10 Å². The fraction of sp³-hybridized carbons (Fsp3) is 0.444. The molecule has 106 valence electrons. The van der Waals surface area contributed by atoms with E-state index in [-0.39, 0.29) is 5.41 Å². The first-order chi connectivity index (χ1) is 9.75. The van der Waals surface area contributed by atoms with E-state index < -0.39 is 0 Å². The molecule has 1 heterocycles. The van der Waals surface area contributed by atoms with E-state index in [4.69, 9.17) is 4.74 Å². The van der Waals surface area contributed by atoms with Crippen LogP contribution in [0.25, 0.3) is 10.8 Å². The molecular weight excluding hydrogens is 246 g/mol. The summed E-state index contributed by atoms with van der Waals surface area (Å²) in [5, 5.41) is 6.08. The van der Waals surface area contributed by atoms with Crippen molar-refractivity contribution in [1.29, 1.82) is 0 Å². The minimum absolute atomic E-state index is 0.221. The topological polar surface area (TPSA) is 21.3 Å². The standard InChI is InChI=1S/C18H23NO/c1-14-18(13-19-2,10-11-20-14)12-16-8-5-7-15-6-3-4-9-17(15)16/h3-9,14,19H,10-13H2,1-2H3. The lowest BCUT2D eigenvalue weighted by Crippen LogP contribution is -2.40. The van der Waals surface area contributed by atoms with Crippen LogP contribution in [0, 0.1) is 5.41 Å². The summed E-state index contributed by atoms with van der Waals surface area (Å²) in [5.41, 5.74) is 1.66. The largest absolute Gasteiger partial charge is 0.378 e. The second kappa shape index (κ2) is 5.55. The van der Waals surface area contributed by atoms with Gasteiger partial charge in [-0.1, -0.05) is 42.5 Å². The summed E-state index contributed by atoms with van der Waals surface area (Å²) in [6, 6.07) is 15.3. The Morgan fingerprint density at radius 2 is 2.00 bits per heavy atom. The van der Waals surface area contributed by atoms with Crippen LogP contribution < -0.4 is 5.32 Å². The van der Waals surface area contributed by atoms with Crippen LogP contribution in [-0.2, 0) is 11.2 Å². The molecule has 3 rings (SSSR count). The van der Waals surface area contributed by atoms with Gasteiger partial charge in [0.05, 0.1) is 6.10 Å². The maximum atomic E-state index is 5.87. The van der Waals surface area contributed by atoms with Crippen molar-refractivity contribution in [3.63, 3.8) is 0 Å². The summed E-state index contributed by atoms with van der Waals surface area (Å²) in [6.07, 6.45) is 2.53. The Morgan fingerprint density at radius 3 is 2.75 bits per heavy atom. The monoisotopic (exact) mass is 269 g/mol. The van der Waals surface area contributed by atoms with Gasteiger partial charge in [-0.15, -0.1) is 0 Å². The molecule has 1 saturated heterocycles. The Kier molecular flexibility index (Phi) is 3.77. The Hall–Kier alpha value is -1.38. The van der Waals surface area contributed by atoms with E-state index >= 15 is 0 Å². The zero-order valence-corrected chi connectivity index (χ0v) is 12.4. The molecule has 0 aliphatic carbocycles. The molecule has 2 aromatic carbocycles. The zero-order valence-electron chi connectivity index (χ0n) is 12.4. The summed E-state index contributed by atoms with van der Waals surface area (Å²) in [4.78, 5) is 0. The van der Waals surface area contributed by atoms with Gasteiger partial charge in [-0.2, -0.15) is 0 Å². The SMILES string of the molecule is CNCC1(Cc2cccc3ccccc23)CCOC1C. The van der Waals surface area contributed by atoms with Crippen molar-refractivity contribution in [3.8, 4) is 0 Å². The molecule has 1 N–H and O–H groups in total. The van der Waals surface area contributed by atoms with Crippen LogP contribution in [0.5, 0.6) is 0 Å². The lowest BCUT2D eigenvalue weighted by molar-refractivity contribution is 0.0641. The maximum absolute atomic E-state index is 5.87. The van der Waals surface area contributed by atoms with Crippen LogP contribution in [0.3, 0.4) is 0 Å². The van der Waals surface area contributed by atoms with Crippen molar-refractivity contribution in [2.24, 2.45) is 5.41 Å². The second-order valence-corrected chi connectivity index (χ2v) is 5.97. The third kappa shape index (κ3) is 2.34. The number of benzene rings is 2. The van der Waals surface area contributed by atoms with E-state index in [1.54, 1.807) is 0 Å². The van der Waals surface area contributed by atoms with Crippen LogP contribution in [0.1, 0.15) is 18.9 Å². The first-order valence-electron chi connectivity index (χ1n) is 7.48. The molecule has 0 saturated carbocycles. The minimum Gasteiger partial charge on any atom is -0.378 e. The van der Waals surface area contributed by atoms with Crippen LogP contribution >= 0.6 is 0 Å². The second-order valence-electron chi connectivity index (χ2n) is 5.97. The first kappa shape index (κ1) is 13.6. The van der Waals surface area contributed by atoms with Gasteiger partial charge in [0.1, 0.15) is 0 Å². The Balaban J connectivity index is 1.99. The molecule has 2 aromatic rings. The van der Waals surface area contributed by atoms with Gasteiger partial charge in [0.25, 0.3) is 0 Å². The van der Waals surface area contributed by atoms with Crippen molar-refractivity contribution >= 4 is 10.8 Å². The molecule has 0 aromatic heterocycles. The summed E-state index contributed by atoms with van der Waals surface area (Å²) in [6.45, 7) is 4.11. The quantitative estimate of drug-likeness (QED) is 0.918. The highest BCUT2D eigenvalue weighted by Gasteiger charge is 2.41. The lowest BCUT2D eigenvalue weighted by atomic mass is 9.75. The number of hydrogen-bond acceptors (Lipinski definition) is 2. The van der Waals surface area contributed by atoms with Crippen LogP contribution in [0.2, 0.25) is 0 Å². The first-order valence-corrected chi connectivity index (χ1v) is 7.48. The molecule has 2 atom stereocenters. The highest BCUT2D eigenvalue weighted by Crippen LogP contribution is 2.39. The van der Waals surface area contributed by atoms with Crippen LogP contribution in [0.15, 0.2) is 42.5 Å². The van der Waals surface area contributed by atoms with E-state index in [0.717, 1.165) is 26.0 Å². The molecule has 0 radical (unpaired) electrons. The number of ether oxygens (including phenoxy) is 1. The molecule has 1 aliphatic rings. The minimum atomic E-state index is 0.221. The maximum Gasteiger partial charge on any atom is 0.0619 e.